The second-order valence-corrected chi connectivity index (χ2v) is 10.5. The van der Waals surface area contributed by atoms with Gasteiger partial charge in [-0.1, -0.05) is 0 Å². The molecule has 2 aromatic rings. The molecule has 0 saturated carbocycles. The summed E-state index contributed by atoms with van der Waals surface area (Å²) >= 11 is -0.764. The molecule has 0 spiro atoms. The van der Waals surface area contributed by atoms with Crippen molar-refractivity contribution in [1.82, 2.24) is 14.8 Å². The van der Waals surface area contributed by atoms with E-state index in [2.05, 4.69) is 9.88 Å². The van der Waals surface area contributed by atoms with Crippen LogP contribution in [-0.2, 0) is 4.79 Å². The fourth-order valence-corrected chi connectivity index (χ4v) is 6.30. The van der Waals surface area contributed by atoms with Crippen LogP contribution in [0.25, 0.3) is 11.6 Å². The SMILES string of the molecule is Cc1[nH]c(/C=C2\C(=O)[I-]C=C2c2cccc(F)c2)c(C)c1C(=O)N1CCC(N(C)C)C1. The summed E-state index contributed by atoms with van der Waals surface area (Å²) in [6, 6.07) is 6.71. The Hall–Kier alpha value is -2.26. The Morgan fingerprint density at radius 1 is 1.32 bits per heavy atom. The fraction of sp³-hybridized carbons (Fsp3) is 0.333. The van der Waals surface area contributed by atoms with E-state index in [0.717, 1.165) is 42.0 Å². The summed E-state index contributed by atoms with van der Waals surface area (Å²) in [6.07, 6.45) is 2.80. The minimum atomic E-state index is -0.764. The van der Waals surface area contributed by atoms with Gasteiger partial charge < -0.3 is 0 Å². The molecule has 1 amide bonds. The third-order valence-electron chi connectivity index (χ3n) is 6.06. The predicted octanol–water partition coefficient (Wildman–Crippen LogP) is 0.600. The molecule has 1 fully saturated rings. The Morgan fingerprint density at radius 3 is 2.77 bits per heavy atom. The first-order valence-corrected chi connectivity index (χ1v) is 12.6. The fourth-order valence-electron chi connectivity index (χ4n) is 4.23. The number of nitrogens with zero attached hydrogens (tertiary/aromatic N) is 2. The number of likely N-dealkylation sites (N-methyl/N-ethyl adjacent to an activating group) is 1. The molecule has 3 heterocycles. The summed E-state index contributed by atoms with van der Waals surface area (Å²) in [5, 5.41) is 0. The van der Waals surface area contributed by atoms with Gasteiger partial charge in [-0.3, -0.25) is 0 Å². The van der Waals surface area contributed by atoms with Crippen LogP contribution >= 0.6 is 0 Å². The van der Waals surface area contributed by atoms with Crippen molar-refractivity contribution in [3.8, 4) is 0 Å². The van der Waals surface area contributed by atoms with Crippen LogP contribution in [-0.4, -0.2) is 57.7 Å². The van der Waals surface area contributed by atoms with Gasteiger partial charge in [-0.2, -0.15) is 0 Å². The second-order valence-electron chi connectivity index (χ2n) is 8.29. The molecule has 4 rings (SSSR count). The quantitative estimate of drug-likeness (QED) is 0.356. The predicted molar refractivity (Wildman–Crippen MR) is 116 cm³/mol. The number of aromatic nitrogens is 1. The molecule has 1 N–H and O–H groups in total. The number of nitrogens with one attached hydrogen (secondary N) is 1. The number of aromatic amines is 1. The number of hydrogen-bond donors (Lipinski definition) is 1. The van der Waals surface area contributed by atoms with Crippen molar-refractivity contribution in [2.24, 2.45) is 0 Å². The Kier molecular flexibility index (Phi) is 6.16. The summed E-state index contributed by atoms with van der Waals surface area (Å²) in [4.78, 5) is 33.3. The van der Waals surface area contributed by atoms with E-state index < -0.39 is 21.2 Å². The summed E-state index contributed by atoms with van der Waals surface area (Å²) in [5.74, 6) is -0.289. The number of allylic oxidation sites excluding steroid dienone is 2. The van der Waals surface area contributed by atoms with E-state index in [9.17, 15) is 14.0 Å². The van der Waals surface area contributed by atoms with Crippen LogP contribution in [0, 0.1) is 19.7 Å². The number of aryl methyl sites for hydroxylation is 1. The Bertz CT molecular complexity index is 1120. The molecule has 31 heavy (non-hydrogen) atoms. The van der Waals surface area contributed by atoms with Crippen molar-refractivity contribution < 1.29 is 35.2 Å². The Morgan fingerprint density at radius 2 is 2.10 bits per heavy atom. The second kappa shape index (κ2) is 8.70. The first-order chi connectivity index (χ1) is 14.8. The number of carbonyl (C=O) groups is 2. The molecule has 1 aromatic heterocycles. The van der Waals surface area contributed by atoms with Crippen LogP contribution in [0.5, 0.6) is 0 Å². The zero-order chi connectivity index (χ0) is 22.3. The van der Waals surface area contributed by atoms with E-state index in [0.29, 0.717) is 22.7 Å². The van der Waals surface area contributed by atoms with Crippen molar-refractivity contribution in [2.75, 3.05) is 27.2 Å². The van der Waals surface area contributed by atoms with Gasteiger partial charge in [0.2, 0.25) is 0 Å². The summed E-state index contributed by atoms with van der Waals surface area (Å²) in [5.41, 5.74) is 5.18. The molecule has 164 valence electrons. The van der Waals surface area contributed by atoms with E-state index in [1.165, 1.54) is 12.1 Å². The molecule has 2 aliphatic rings. The van der Waals surface area contributed by atoms with E-state index in [4.69, 9.17) is 0 Å². The summed E-state index contributed by atoms with van der Waals surface area (Å²) in [6.45, 7) is 5.29. The molecular formula is C24H26FIN3O2-. The van der Waals surface area contributed by atoms with Crippen molar-refractivity contribution in [1.29, 1.82) is 0 Å². The number of benzene rings is 1. The van der Waals surface area contributed by atoms with Gasteiger partial charge in [-0.05, 0) is 0 Å². The van der Waals surface area contributed by atoms with Crippen molar-refractivity contribution >= 4 is 21.3 Å². The van der Waals surface area contributed by atoms with Gasteiger partial charge in [-0.15, -0.1) is 0 Å². The number of carbonyl (C=O) groups excluding carboxylic acids is 2. The zero-order valence-electron chi connectivity index (χ0n) is 18.1. The van der Waals surface area contributed by atoms with Crippen LogP contribution in [0.3, 0.4) is 0 Å². The third kappa shape index (κ3) is 4.25. The molecule has 7 heteroatoms. The molecular weight excluding hydrogens is 508 g/mol. The Labute approximate surface area is 192 Å². The molecule has 0 aliphatic carbocycles. The van der Waals surface area contributed by atoms with Gasteiger partial charge in [0.25, 0.3) is 0 Å². The maximum absolute atomic E-state index is 13.7. The van der Waals surface area contributed by atoms with Crippen LogP contribution in [0.4, 0.5) is 4.39 Å². The van der Waals surface area contributed by atoms with Gasteiger partial charge >= 0.3 is 193 Å². The number of H-pyrrole nitrogens is 1. The zero-order valence-corrected chi connectivity index (χ0v) is 20.3. The van der Waals surface area contributed by atoms with Crippen LogP contribution in [0.2, 0.25) is 0 Å². The molecule has 1 saturated heterocycles. The van der Waals surface area contributed by atoms with Crippen LogP contribution < -0.4 is 21.2 Å². The molecule has 5 nitrogen and oxygen atoms in total. The van der Waals surface area contributed by atoms with E-state index in [-0.39, 0.29) is 15.5 Å². The Balaban J connectivity index is 1.65. The van der Waals surface area contributed by atoms with E-state index in [1.54, 1.807) is 6.07 Å². The van der Waals surface area contributed by atoms with Crippen molar-refractivity contribution in [3.05, 3.63) is 67.8 Å². The van der Waals surface area contributed by atoms with Crippen molar-refractivity contribution in [3.63, 3.8) is 0 Å². The number of halogens is 2. The molecule has 0 radical (unpaired) electrons. The number of hydrogen-bond acceptors (Lipinski definition) is 3. The van der Waals surface area contributed by atoms with Crippen LogP contribution in [0.1, 0.15) is 39.3 Å². The van der Waals surface area contributed by atoms with Crippen molar-refractivity contribution in [2.45, 2.75) is 26.3 Å². The first kappa shape index (κ1) is 22.0. The van der Waals surface area contributed by atoms with E-state index in [1.807, 2.05) is 49.1 Å². The minimum absolute atomic E-state index is 0.0336. The average Bonchev–Trinajstić information content (AvgIpc) is 3.41. The topological polar surface area (TPSA) is 56.4 Å². The summed E-state index contributed by atoms with van der Waals surface area (Å²) < 4.78 is 15.8. The molecule has 2 aliphatic heterocycles. The average molecular weight is 534 g/mol. The van der Waals surface area contributed by atoms with Gasteiger partial charge in [0.05, 0.1) is 0 Å². The molecule has 1 atom stereocenters. The number of rotatable bonds is 4. The standard InChI is InChI=1S/C24H26FIN3O2/c1-14-21(11-19-20(12-26-23(19)30)16-6-5-7-17(25)10-16)27-15(2)22(14)24(31)29-9-8-18(13-29)28(3)4/h5-7,10-12,18,27H,8-9,13H2,1-4H3/q-1/b19-11-. The van der Waals surface area contributed by atoms with E-state index >= 15 is 0 Å². The summed E-state index contributed by atoms with van der Waals surface area (Å²) in [7, 11) is 4.08. The molecule has 0 bridgehead atoms. The monoisotopic (exact) mass is 534 g/mol. The number of amides is 1. The van der Waals surface area contributed by atoms with Gasteiger partial charge in [-0.25, -0.2) is 0 Å². The van der Waals surface area contributed by atoms with Gasteiger partial charge in [0.15, 0.2) is 0 Å². The van der Waals surface area contributed by atoms with Gasteiger partial charge in [0.1, 0.15) is 0 Å². The molecule has 1 unspecified atom stereocenters. The molecule has 1 aromatic carbocycles. The maximum atomic E-state index is 13.7. The third-order valence-corrected chi connectivity index (χ3v) is 8.14. The number of likely N-dealkylation sites (tertiary alicyclic amines) is 1. The van der Waals surface area contributed by atoms with Crippen LogP contribution in [0.15, 0.2) is 33.9 Å². The van der Waals surface area contributed by atoms with Gasteiger partial charge in [0, 0.05) is 0 Å². The normalized spacial score (nSPS) is 20.5. The first-order valence-electron chi connectivity index (χ1n) is 10.3.